The van der Waals surface area contributed by atoms with Crippen LogP contribution in [0.3, 0.4) is 0 Å². The van der Waals surface area contributed by atoms with E-state index in [9.17, 15) is 0 Å². The van der Waals surface area contributed by atoms with Crippen molar-refractivity contribution < 1.29 is 9.47 Å². The van der Waals surface area contributed by atoms with E-state index >= 15 is 0 Å². The lowest BCUT2D eigenvalue weighted by atomic mass is 10.2. The van der Waals surface area contributed by atoms with Crippen LogP contribution in [0, 0.1) is 0 Å². The first-order valence-electron chi connectivity index (χ1n) is 6.23. The highest BCUT2D eigenvalue weighted by molar-refractivity contribution is 5.43. The van der Waals surface area contributed by atoms with Crippen molar-refractivity contribution in [2.75, 3.05) is 25.6 Å². The zero-order valence-corrected chi connectivity index (χ0v) is 10.3. The standard InChI is InChI=1S/C13H20N2O2/c1-16-8-9-17-13-7-6-12(10-14-13)15-11-4-2-3-5-11/h6-7,10-11,15H,2-5,8-9H2,1H3. The van der Waals surface area contributed by atoms with Gasteiger partial charge in [0.05, 0.1) is 18.5 Å². The van der Waals surface area contributed by atoms with Gasteiger partial charge in [0.1, 0.15) is 6.61 Å². The van der Waals surface area contributed by atoms with Crippen LogP contribution in [-0.2, 0) is 4.74 Å². The summed E-state index contributed by atoms with van der Waals surface area (Å²) in [5, 5.41) is 3.49. The molecule has 94 valence electrons. The lowest BCUT2D eigenvalue weighted by Crippen LogP contribution is -2.14. The summed E-state index contributed by atoms with van der Waals surface area (Å²) in [6.45, 7) is 1.13. The monoisotopic (exact) mass is 236 g/mol. The first kappa shape index (κ1) is 12.2. The second kappa shape index (κ2) is 6.45. The Kier molecular flexibility index (Phi) is 4.62. The van der Waals surface area contributed by atoms with Crippen molar-refractivity contribution in [3.8, 4) is 5.88 Å². The summed E-state index contributed by atoms with van der Waals surface area (Å²) >= 11 is 0. The molecule has 1 aliphatic carbocycles. The molecule has 1 aromatic heterocycles. The Hall–Kier alpha value is -1.29. The van der Waals surface area contributed by atoms with Gasteiger partial charge in [0.15, 0.2) is 0 Å². The molecule has 0 aromatic carbocycles. The van der Waals surface area contributed by atoms with E-state index in [1.54, 1.807) is 7.11 Å². The van der Waals surface area contributed by atoms with Gasteiger partial charge in [-0.1, -0.05) is 12.8 Å². The maximum atomic E-state index is 5.41. The molecule has 1 heterocycles. The molecule has 1 aromatic rings. The number of anilines is 1. The Balaban J connectivity index is 1.80. The van der Waals surface area contributed by atoms with Crippen LogP contribution < -0.4 is 10.1 Å². The topological polar surface area (TPSA) is 43.4 Å². The largest absolute Gasteiger partial charge is 0.475 e. The zero-order chi connectivity index (χ0) is 11.9. The molecule has 0 saturated heterocycles. The molecule has 0 aliphatic heterocycles. The summed E-state index contributed by atoms with van der Waals surface area (Å²) in [7, 11) is 1.66. The van der Waals surface area contributed by atoms with Crippen molar-refractivity contribution in [2.45, 2.75) is 31.7 Å². The van der Waals surface area contributed by atoms with E-state index in [1.807, 2.05) is 18.3 Å². The Morgan fingerprint density at radius 2 is 2.12 bits per heavy atom. The normalized spacial score (nSPS) is 16.1. The molecular formula is C13H20N2O2. The fourth-order valence-corrected chi connectivity index (χ4v) is 2.09. The molecule has 4 nitrogen and oxygen atoms in total. The van der Waals surface area contributed by atoms with Gasteiger partial charge in [-0.3, -0.25) is 0 Å². The molecule has 1 fully saturated rings. The maximum Gasteiger partial charge on any atom is 0.213 e. The van der Waals surface area contributed by atoms with Crippen LogP contribution >= 0.6 is 0 Å². The summed E-state index contributed by atoms with van der Waals surface area (Å²) < 4.78 is 10.3. The number of methoxy groups -OCH3 is 1. The van der Waals surface area contributed by atoms with Crippen LogP contribution in [-0.4, -0.2) is 31.3 Å². The molecule has 1 saturated carbocycles. The van der Waals surface area contributed by atoms with Gasteiger partial charge in [-0.2, -0.15) is 0 Å². The van der Waals surface area contributed by atoms with Crippen LogP contribution in [0.25, 0.3) is 0 Å². The third-order valence-electron chi connectivity index (χ3n) is 3.00. The smallest absolute Gasteiger partial charge is 0.213 e. The second-order valence-corrected chi connectivity index (χ2v) is 4.35. The molecule has 0 spiro atoms. The zero-order valence-electron chi connectivity index (χ0n) is 10.3. The minimum Gasteiger partial charge on any atom is -0.475 e. The van der Waals surface area contributed by atoms with Gasteiger partial charge in [0.2, 0.25) is 5.88 Å². The van der Waals surface area contributed by atoms with E-state index in [2.05, 4.69) is 10.3 Å². The lowest BCUT2D eigenvalue weighted by Gasteiger charge is -2.13. The quantitative estimate of drug-likeness (QED) is 0.770. The van der Waals surface area contributed by atoms with E-state index in [-0.39, 0.29) is 0 Å². The van der Waals surface area contributed by atoms with Gasteiger partial charge in [-0.25, -0.2) is 4.98 Å². The SMILES string of the molecule is COCCOc1ccc(NC2CCCC2)cn1. The molecule has 2 rings (SSSR count). The summed E-state index contributed by atoms with van der Waals surface area (Å²) in [5.74, 6) is 0.652. The van der Waals surface area contributed by atoms with Crippen molar-refractivity contribution in [3.63, 3.8) is 0 Å². The average molecular weight is 236 g/mol. The number of hydrogen-bond donors (Lipinski definition) is 1. The second-order valence-electron chi connectivity index (χ2n) is 4.35. The number of nitrogens with zero attached hydrogens (tertiary/aromatic N) is 1. The van der Waals surface area contributed by atoms with E-state index < -0.39 is 0 Å². The van der Waals surface area contributed by atoms with Gasteiger partial charge < -0.3 is 14.8 Å². The number of rotatable bonds is 6. The predicted molar refractivity (Wildman–Crippen MR) is 67.5 cm³/mol. The predicted octanol–water partition coefficient (Wildman–Crippen LogP) is 2.46. The fraction of sp³-hybridized carbons (Fsp3) is 0.615. The maximum absolute atomic E-state index is 5.41. The molecule has 0 bridgehead atoms. The van der Waals surface area contributed by atoms with Crippen LogP contribution in [0.15, 0.2) is 18.3 Å². The Bertz CT molecular complexity index is 321. The van der Waals surface area contributed by atoms with Gasteiger partial charge in [0.25, 0.3) is 0 Å². The van der Waals surface area contributed by atoms with Gasteiger partial charge >= 0.3 is 0 Å². The number of aromatic nitrogens is 1. The molecule has 1 aliphatic rings. The van der Waals surface area contributed by atoms with Crippen molar-refractivity contribution in [3.05, 3.63) is 18.3 Å². The lowest BCUT2D eigenvalue weighted by molar-refractivity contribution is 0.144. The number of ether oxygens (including phenoxy) is 2. The molecule has 0 radical (unpaired) electrons. The molecule has 4 heteroatoms. The summed E-state index contributed by atoms with van der Waals surface area (Å²) in [6.07, 6.45) is 7.05. The van der Waals surface area contributed by atoms with Crippen LogP contribution in [0.1, 0.15) is 25.7 Å². The number of hydrogen-bond acceptors (Lipinski definition) is 4. The molecule has 0 unspecified atom stereocenters. The Morgan fingerprint density at radius 1 is 1.29 bits per heavy atom. The fourth-order valence-electron chi connectivity index (χ4n) is 2.09. The van der Waals surface area contributed by atoms with Crippen LogP contribution in [0.4, 0.5) is 5.69 Å². The first-order chi connectivity index (χ1) is 8.38. The Labute approximate surface area is 102 Å². The van der Waals surface area contributed by atoms with Crippen molar-refractivity contribution in [2.24, 2.45) is 0 Å². The average Bonchev–Trinajstić information content (AvgIpc) is 2.85. The van der Waals surface area contributed by atoms with Crippen molar-refractivity contribution in [1.82, 2.24) is 4.98 Å². The highest BCUT2D eigenvalue weighted by atomic mass is 16.5. The molecule has 1 N–H and O–H groups in total. The highest BCUT2D eigenvalue weighted by Crippen LogP contribution is 2.22. The van der Waals surface area contributed by atoms with E-state index in [4.69, 9.17) is 9.47 Å². The van der Waals surface area contributed by atoms with E-state index in [0.29, 0.717) is 25.1 Å². The third kappa shape index (κ3) is 3.89. The van der Waals surface area contributed by atoms with Gasteiger partial charge in [-0.05, 0) is 18.9 Å². The Morgan fingerprint density at radius 3 is 2.76 bits per heavy atom. The molecule has 0 atom stereocenters. The van der Waals surface area contributed by atoms with Gasteiger partial charge in [0, 0.05) is 19.2 Å². The first-order valence-corrected chi connectivity index (χ1v) is 6.23. The van der Waals surface area contributed by atoms with Gasteiger partial charge in [-0.15, -0.1) is 0 Å². The summed E-state index contributed by atoms with van der Waals surface area (Å²) in [5.41, 5.74) is 1.08. The van der Waals surface area contributed by atoms with Crippen LogP contribution in [0.2, 0.25) is 0 Å². The summed E-state index contributed by atoms with van der Waals surface area (Å²) in [4.78, 5) is 4.25. The number of nitrogens with one attached hydrogen (secondary N) is 1. The van der Waals surface area contributed by atoms with E-state index in [0.717, 1.165) is 5.69 Å². The minimum absolute atomic E-state index is 0.541. The summed E-state index contributed by atoms with van der Waals surface area (Å²) in [6, 6.07) is 4.54. The van der Waals surface area contributed by atoms with Crippen LogP contribution in [0.5, 0.6) is 5.88 Å². The highest BCUT2D eigenvalue weighted by Gasteiger charge is 2.14. The molecule has 0 amide bonds. The third-order valence-corrected chi connectivity index (χ3v) is 3.00. The molecule has 17 heavy (non-hydrogen) atoms. The minimum atomic E-state index is 0.541. The number of pyridine rings is 1. The van der Waals surface area contributed by atoms with Crippen molar-refractivity contribution >= 4 is 5.69 Å². The molecular weight excluding hydrogens is 216 g/mol. The van der Waals surface area contributed by atoms with E-state index in [1.165, 1.54) is 25.7 Å². The van der Waals surface area contributed by atoms with Crippen molar-refractivity contribution in [1.29, 1.82) is 0 Å².